The molecule has 170 valence electrons. The maximum Gasteiger partial charge on any atom is 0.253 e. The van der Waals surface area contributed by atoms with Gasteiger partial charge in [-0.15, -0.1) is 0 Å². The Kier molecular flexibility index (Phi) is 4.74. The highest BCUT2D eigenvalue weighted by atomic mass is 19.1. The standard InChI is InChI=1S/C27H24FN5O/c1-17(19-6-2-4-8-22(19)28)31-26(34)20-10-11-24-27(21-7-3-5-9-23(21)32-25(20)27)30-16-33(24)18-12-14-29-15-13-18/h2-15,17,24,30,32H,16H2,1H3,(H,31,34)/t17?,24-,27?/m1/s1. The summed E-state index contributed by atoms with van der Waals surface area (Å²) >= 11 is 0. The van der Waals surface area contributed by atoms with Crippen molar-refractivity contribution in [3.8, 4) is 0 Å². The van der Waals surface area contributed by atoms with Crippen LogP contribution in [0.4, 0.5) is 15.8 Å². The molecule has 1 aliphatic carbocycles. The Morgan fingerprint density at radius 3 is 2.74 bits per heavy atom. The van der Waals surface area contributed by atoms with E-state index in [0.29, 0.717) is 17.8 Å². The number of benzene rings is 2. The minimum Gasteiger partial charge on any atom is -0.356 e. The molecule has 0 radical (unpaired) electrons. The maximum atomic E-state index is 14.3. The number of amides is 1. The van der Waals surface area contributed by atoms with Gasteiger partial charge >= 0.3 is 0 Å². The van der Waals surface area contributed by atoms with Gasteiger partial charge in [-0.3, -0.25) is 15.1 Å². The molecule has 0 bridgehead atoms. The lowest BCUT2D eigenvalue weighted by Gasteiger charge is -2.37. The first-order chi connectivity index (χ1) is 16.6. The number of pyridine rings is 1. The lowest BCUT2D eigenvalue weighted by Crippen LogP contribution is -2.49. The molecular weight excluding hydrogens is 429 g/mol. The summed E-state index contributed by atoms with van der Waals surface area (Å²) in [6, 6.07) is 18.1. The van der Waals surface area contributed by atoms with E-state index in [2.05, 4.69) is 38.0 Å². The van der Waals surface area contributed by atoms with E-state index >= 15 is 0 Å². The zero-order chi connectivity index (χ0) is 23.3. The van der Waals surface area contributed by atoms with Crippen LogP contribution in [0.5, 0.6) is 0 Å². The van der Waals surface area contributed by atoms with Crippen LogP contribution in [0.15, 0.2) is 96.5 Å². The molecule has 6 rings (SSSR count). The highest BCUT2D eigenvalue weighted by Crippen LogP contribution is 2.51. The zero-order valence-electron chi connectivity index (χ0n) is 18.6. The molecule has 1 saturated heterocycles. The number of nitrogens with zero attached hydrogens (tertiary/aromatic N) is 2. The van der Waals surface area contributed by atoms with Gasteiger partial charge < -0.3 is 15.5 Å². The topological polar surface area (TPSA) is 69.3 Å². The van der Waals surface area contributed by atoms with E-state index in [0.717, 1.165) is 22.6 Å². The van der Waals surface area contributed by atoms with E-state index in [4.69, 9.17) is 0 Å². The van der Waals surface area contributed by atoms with Gasteiger partial charge in [0.05, 0.1) is 30.0 Å². The van der Waals surface area contributed by atoms with Crippen LogP contribution < -0.4 is 20.9 Å². The first-order valence-electron chi connectivity index (χ1n) is 11.4. The lowest BCUT2D eigenvalue weighted by molar-refractivity contribution is -0.117. The van der Waals surface area contributed by atoms with E-state index < -0.39 is 11.6 Å². The van der Waals surface area contributed by atoms with Gasteiger partial charge in [-0.05, 0) is 37.3 Å². The second kappa shape index (κ2) is 7.81. The Hall–Kier alpha value is -3.97. The average molecular weight is 454 g/mol. The summed E-state index contributed by atoms with van der Waals surface area (Å²) in [4.78, 5) is 19.9. The number of rotatable bonds is 4. The van der Waals surface area contributed by atoms with Crippen LogP contribution in [0, 0.1) is 5.82 Å². The normalized spacial score (nSPS) is 23.1. The van der Waals surface area contributed by atoms with Crippen molar-refractivity contribution in [1.29, 1.82) is 0 Å². The van der Waals surface area contributed by atoms with Crippen molar-refractivity contribution in [1.82, 2.24) is 15.6 Å². The number of para-hydroxylation sites is 1. The fourth-order valence-electron chi connectivity index (χ4n) is 5.39. The molecule has 7 heteroatoms. The van der Waals surface area contributed by atoms with E-state index in [1.807, 2.05) is 36.4 Å². The summed E-state index contributed by atoms with van der Waals surface area (Å²) < 4.78 is 14.3. The first kappa shape index (κ1) is 20.6. The van der Waals surface area contributed by atoms with E-state index in [-0.39, 0.29) is 17.8 Å². The molecule has 3 atom stereocenters. The van der Waals surface area contributed by atoms with Crippen LogP contribution >= 0.6 is 0 Å². The summed E-state index contributed by atoms with van der Waals surface area (Å²) in [7, 11) is 0. The monoisotopic (exact) mass is 453 g/mol. The molecule has 3 heterocycles. The summed E-state index contributed by atoms with van der Waals surface area (Å²) in [6.07, 6.45) is 7.53. The average Bonchev–Trinajstić information content (AvgIpc) is 3.42. The number of carbonyl (C=O) groups excluding carboxylic acids is 1. The van der Waals surface area contributed by atoms with Crippen molar-refractivity contribution in [2.75, 3.05) is 16.9 Å². The van der Waals surface area contributed by atoms with Gasteiger partial charge in [0, 0.05) is 34.9 Å². The summed E-state index contributed by atoms with van der Waals surface area (Å²) in [5, 5.41) is 10.2. The largest absolute Gasteiger partial charge is 0.356 e. The van der Waals surface area contributed by atoms with Crippen LogP contribution in [0.3, 0.4) is 0 Å². The van der Waals surface area contributed by atoms with Crippen molar-refractivity contribution in [2.45, 2.75) is 24.5 Å². The summed E-state index contributed by atoms with van der Waals surface area (Å²) in [5.74, 6) is -0.579. The number of carbonyl (C=O) groups is 1. The van der Waals surface area contributed by atoms with Crippen molar-refractivity contribution in [3.05, 3.63) is 113 Å². The summed E-state index contributed by atoms with van der Waals surface area (Å²) in [6.45, 7) is 2.40. The fourth-order valence-corrected chi connectivity index (χ4v) is 5.39. The third-order valence-corrected chi connectivity index (χ3v) is 6.99. The molecule has 2 aliphatic heterocycles. The highest BCUT2D eigenvalue weighted by molar-refractivity contribution is 6.00. The van der Waals surface area contributed by atoms with Crippen LogP contribution in [0.25, 0.3) is 0 Å². The fraction of sp³-hybridized carbons (Fsp3) is 0.185. The van der Waals surface area contributed by atoms with Gasteiger partial charge in [0.25, 0.3) is 5.91 Å². The Morgan fingerprint density at radius 1 is 1.15 bits per heavy atom. The van der Waals surface area contributed by atoms with Crippen molar-refractivity contribution in [2.24, 2.45) is 0 Å². The molecule has 1 fully saturated rings. The van der Waals surface area contributed by atoms with Gasteiger partial charge in [-0.1, -0.05) is 42.5 Å². The zero-order valence-corrected chi connectivity index (χ0v) is 18.6. The number of nitrogens with one attached hydrogen (secondary N) is 3. The molecule has 34 heavy (non-hydrogen) atoms. The van der Waals surface area contributed by atoms with Crippen LogP contribution in [-0.4, -0.2) is 23.6 Å². The van der Waals surface area contributed by atoms with E-state index in [9.17, 15) is 9.18 Å². The number of fused-ring (bicyclic) bond motifs is 1. The minimum absolute atomic E-state index is 0.0402. The SMILES string of the molecule is CC(NC(=O)C1=C2Nc3ccccc3C23NCN(c2ccncc2)[C@@H]3C=C1)c1ccccc1F. The van der Waals surface area contributed by atoms with E-state index in [1.165, 1.54) is 6.07 Å². The number of hydrogen-bond donors (Lipinski definition) is 3. The molecular formula is C27H24FN5O. The van der Waals surface area contributed by atoms with Crippen LogP contribution in [0.1, 0.15) is 24.1 Å². The highest BCUT2D eigenvalue weighted by Gasteiger charge is 2.57. The molecule has 3 N–H and O–H groups in total. The molecule has 3 aromatic rings. The predicted octanol–water partition coefficient (Wildman–Crippen LogP) is 3.98. The molecule has 2 unspecified atom stereocenters. The number of aromatic nitrogens is 1. The van der Waals surface area contributed by atoms with Gasteiger partial charge in [0.15, 0.2) is 0 Å². The number of halogens is 1. The third kappa shape index (κ3) is 2.97. The number of anilines is 2. The molecule has 0 saturated carbocycles. The molecule has 3 aliphatic rings. The Labute approximate surface area is 197 Å². The minimum atomic E-state index is -0.595. The Balaban J connectivity index is 1.40. The summed E-state index contributed by atoms with van der Waals surface area (Å²) in [5.41, 5.74) is 4.35. The first-order valence-corrected chi connectivity index (χ1v) is 11.4. The van der Waals surface area contributed by atoms with Crippen molar-refractivity contribution >= 4 is 17.3 Å². The smallest absolute Gasteiger partial charge is 0.253 e. The molecule has 6 nitrogen and oxygen atoms in total. The quantitative estimate of drug-likeness (QED) is 0.558. The van der Waals surface area contributed by atoms with Crippen LogP contribution in [0.2, 0.25) is 0 Å². The Morgan fingerprint density at radius 2 is 1.91 bits per heavy atom. The maximum absolute atomic E-state index is 14.3. The number of hydrogen-bond acceptors (Lipinski definition) is 5. The van der Waals surface area contributed by atoms with Crippen LogP contribution in [-0.2, 0) is 10.3 Å². The predicted molar refractivity (Wildman–Crippen MR) is 129 cm³/mol. The van der Waals surface area contributed by atoms with Gasteiger partial charge in [-0.2, -0.15) is 0 Å². The van der Waals surface area contributed by atoms with E-state index in [1.54, 1.807) is 37.5 Å². The molecule has 2 aromatic carbocycles. The van der Waals surface area contributed by atoms with Gasteiger partial charge in [-0.25, -0.2) is 4.39 Å². The second-order valence-electron chi connectivity index (χ2n) is 8.80. The molecule has 1 amide bonds. The third-order valence-electron chi connectivity index (χ3n) is 6.99. The lowest BCUT2D eigenvalue weighted by atomic mass is 9.77. The molecule has 1 aromatic heterocycles. The second-order valence-corrected chi connectivity index (χ2v) is 8.80. The Bertz CT molecular complexity index is 1340. The van der Waals surface area contributed by atoms with Gasteiger partial charge in [0.2, 0.25) is 0 Å². The van der Waals surface area contributed by atoms with Gasteiger partial charge in [0.1, 0.15) is 11.4 Å². The van der Waals surface area contributed by atoms with Crippen molar-refractivity contribution in [3.63, 3.8) is 0 Å². The molecule has 1 spiro atoms. The van der Waals surface area contributed by atoms with Crippen molar-refractivity contribution < 1.29 is 9.18 Å².